The molecule has 0 unspecified atom stereocenters. The number of ether oxygens (including phenoxy) is 1. The van der Waals surface area contributed by atoms with Gasteiger partial charge in [0.05, 0.1) is 11.8 Å². The van der Waals surface area contributed by atoms with E-state index in [0.29, 0.717) is 0 Å². The first-order valence-corrected chi connectivity index (χ1v) is 6.75. The van der Waals surface area contributed by atoms with E-state index < -0.39 is 15.0 Å². The molecule has 0 amide bonds. The number of aryl methyl sites for hydroxylation is 1. The van der Waals surface area contributed by atoms with E-state index in [4.69, 9.17) is 15.4 Å². The van der Waals surface area contributed by atoms with Gasteiger partial charge in [-0.25, -0.2) is 13.2 Å². The summed E-state index contributed by atoms with van der Waals surface area (Å²) in [6.45, 7) is 4.74. The van der Waals surface area contributed by atoms with Gasteiger partial charge in [0.1, 0.15) is 4.90 Å². The van der Waals surface area contributed by atoms with Crippen LogP contribution in [-0.4, -0.2) is 30.7 Å². The first-order chi connectivity index (χ1) is 7.23. The average Bonchev–Trinajstić information content (AvgIpc) is 2.44. The Labute approximate surface area is 97.4 Å². The van der Waals surface area contributed by atoms with Gasteiger partial charge in [-0.1, -0.05) is 0 Å². The normalized spacial score (nSPS) is 11.8. The summed E-state index contributed by atoms with van der Waals surface area (Å²) in [6, 6.07) is 0. The van der Waals surface area contributed by atoms with Gasteiger partial charge in [-0.2, -0.15) is 5.10 Å². The minimum Gasteiger partial charge on any atom is -0.458 e. The second kappa shape index (κ2) is 4.42. The topological polar surface area (TPSA) is 89.1 Å². The minimum atomic E-state index is -4.02. The van der Waals surface area contributed by atoms with Gasteiger partial charge in [0.2, 0.25) is 0 Å². The zero-order valence-corrected chi connectivity index (χ0v) is 10.5. The number of carbonyl (C=O) groups is 1. The maximum absolute atomic E-state index is 11.5. The lowest BCUT2D eigenvalue weighted by atomic mass is 10.3. The zero-order chi connectivity index (χ0) is 12.5. The van der Waals surface area contributed by atoms with Gasteiger partial charge in [-0.05, 0) is 20.8 Å². The number of aromatic nitrogens is 2. The molecule has 0 saturated heterocycles. The van der Waals surface area contributed by atoms with E-state index in [2.05, 4.69) is 10.2 Å². The summed E-state index contributed by atoms with van der Waals surface area (Å²) < 4.78 is 27.3. The van der Waals surface area contributed by atoms with Crippen LogP contribution in [-0.2, 0) is 13.8 Å². The van der Waals surface area contributed by atoms with Crippen LogP contribution >= 0.6 is 10.7 Å². The standard InChI is InChI=1S/C8H11ClN2O4S/c1-4(2)15-8(12)6-7(16(9,13)14)5(3)10-11-6/h4H,1-3H3,(H,10,11). The lowest BCUT2D eigenvalue weighted by molar-refractivity contribution is 0.0366. The van der Waals surface area contributed by atoms with E-state index in [0.717, 1.165) is 0 Å². The number of carbonyl (C=O) groups excluding carboxylic acids is 1. The van der Waals surface area contributed by atoms with E-state index in [9.17, 15) is 13.2 Å². The third-order valence-corrected chi connectivity index (χ3v) is 3.12. The van der Waals surface area contributed by atoms with Gasteiger partial charge in [0.15, 0.2) is 5.69 Å². The van der Waals surface area contributed by atoms with Crippen molar-refractivity contribution in [2.24, 2.45) is 0 Å². The van der Waals surface area contributed by atoms with Crippen LogP contribution in [0.2, 0.25) is 0 Å². The number of hydrogen-bond donors (Lipinski definition) is 1. The van der Waals surface area contributed by atoms with Crippen LogP contribution in [0.3, 0.4) is 0 Å². The highest BCUT2D eigenvalue weighted by atomic mass is 35.7. The first-order valence-electron chi connectivity index (χ1n) is 4.44. The number of hydrogen-bond acceptors (Lipinski definition) is 5. The Balaban J connectivity index is 3.22. The molecule has 8 heteroatoms. The van der Waals surface area contributed by atoms with E-state index in [-0.39, 0.29) is 22.4 Å². The molecule has 0 atom stereocenters. The molecular formula is C8H11ClN2O4S. The SMILES string of the molecule is Cc1[nH]nc(C(=O)OC(C)C)c1S(=O)(=O)Cl. The Bertz CT molecular complexity index is 506. The number of nitrogens with one attached hydrogen (secondary N) is 1. The van der Waals surface area contributed by atoms with Crippen LogP contribution in [0.4, 0.5) is 0 Å². The maximum Gasteiger partial charge on any atom is 0.360 e. The summed E-state index contributed by atoms with van der Waals surface area (Å²) in [5.74, 6) is -0.821. The molecule has 0 saturated carbocycles. The molecule has 0 aliphatic rings. The Hall–Kier alpha value is -1.08. The predicted molar refractivity (Wildman–Crippen MR) is 56.9 cm³/mol. The summed E-state index contributed by atoms with van der Waals surface area (Å²) >= 11 is 0. The van der Waals surface area contributed by atoms with Gasteiger partial charge in [-0.15, -0.1) is 0 Å². The lowest BCUT2D eigenvalue weighted by Crippen LogP contribution is -2.14. The van der Waals surface area contributed by atoms with Crippen LogP contribution < -0.4 is 0 Å². The van der Waals surface area contributed by atoms with Crippen molar-refractivity contribution in [3.8, 4) is 0 Å². The highest BCUT2D eigenvalue weighted by Crippen LogP contribution is 2.22. The quantitative estimate of drug-likeness (QED) is 0.656. The highest BCUT2D eigenvalue weighted by molar-refractivity contribution is 8.13. The molecule has 1 aromatic heterocycles. The fourth-order valence-electron chi connectivity index (χ4n) is 1.13. The molecule has 0 fully saturated rings. The van der Waals surface area contributed by atoms with Gasteiger partial charge in [0, 0.05) is 10.7 Å². The van der Waals surface area contributed by atoms with E-state index >= 15 is 0 Å². The number of aromatic amines is 1. The van der Waals surface area contributed by atoms with Gasteiger partial charge in [-0.3, -0.25) is 5.10 Å². The fourth-order valence-corrected chi connectivity index (χ4v) is 2.46. The van der Waals surface area contributed by atoms with Crippen molar-refractivity contribution in [3.05, 3.63) is 11.4 Å². The molecule has 1 heterocycles. The van der Waals surface area contributed by atoms with Crippen LogP contribution in [0.25, 0.3) is 0 Å². The van der Waals surface area contributed by atoms with Crippen LogP contribution in [0.1, 0.15) is 30.0 Å². The van der Waals surface area contributed by atoms with E-state index in [1.54, 1.807) is 13.8 Å². The largest absolute Gasteiger partial charge is 0.458 e. The Morgan fingerprint density at radius 2 is 2.06 bits per heavy atom. The predicted octanol–water partition coefficient (Wildman–Crippen LogP) is 1.21. The highest BCUT2D eigenvalue weighted by Gasteiger charge is 2.28. The van der Waals surface area contributed by atoms with Crippen LogP contribution in [0.5, 0.6) is 0 Å². The summed E-state index contributed by atoms with van der Waals surface area (Å²) in [5, 5.41) is 5.96. The van der Waals surface area contributed by atoms with Crippen molar-refractivity contribution in [2.75, 3.05) is 0 Å². The first kappa shape index (κ1) is 13.0. The molecule has 1 N–H and O–H groups in total. The summed E-state index contributed by atoms with van der Waals surface area (Å²) in [7, 11) is 1.17. The molecule has 0 aliphatic carbocycles. The number of esters is 1. The molecule has 90 valence electrons. The second-order valence-corrected chi connectivity index (χ2v) is 5.92. The number of H-pyrrole nitrogens is 1. The molecule has 6 nitrogen and oxygen atoms in total. The van der Waals surface area contributed by atoms with Crippen LogP contribution in [0, 0.1) is 6.92 Å². The van der Waals surface area contributed by atoms with Gasteiger partial charge >= 0.3 is 5.97 Å². The second-order valence-electron chi connectivity index (χ2n) is 3.42. The van der Waals surface area contributed by atoms with Crippen molar-refractivity contribution in [1.29, 1.82) is 0 Å². The van der Waals surface area contributed by atoms with Crippen molar-refractivity contribution >= 4 is 25.7 Å². The fraction of sp³-hybridized carbons (Fsp3) is 0.500. The Kier molecular flexibility index (Phi) is 3.59. The molecule has 0 bridgehead atoms. The van der Waals surface area contributed by atoms with Crippen molar-refractivity contribution in [1.82, 2.24) is 10.2 Å². The molecule has 1 rings (SSSR count). The minimum absolute atomic E-state index is 0.200. The smallest absolute Gasteiger partial charge is 0.360 e. The molecule has 16 heavy (non-hydrogen) atoms. The molecular weight excluding hydrogens is 256 g/mol. The van der Waals surface area contributed by atoms with Gasteiger partial charge in [0.25, 0.3) is 9.05 Å². The number of halogens is 1. The monoisotopic (exact) mass is 266 g/mol. The van der Waals surface area contributed by atoms with Gasteiger partial charge < -0.3 is 4.74 Å². The summed E-state index contributed by atoms with van der Waals surface area (Å²) in [4.78, 5) is 11.2. The lowest BCUT2D eigenvalue weighted by Gasteiger charge is -2.06. The van der Waals surface area contributed by atoms with Crippen molar-refractivity contribution in [2.45, 2.75) is 31.8 Å². The molecule has 1 aromatic rings. The molecule has 0 aliphatic heterocycles. The Morgan fingerprint density at radius 3 is 2.50 bits per heavy atom. The number of nitrogens with zero attached hydrogens (tertiary/aromatic N) is 1. The van der Waals surface area contributed by atoms with Crippen LogP contribution in [0.15, 0.2) is 4.90 Å². The Morgan fingerprint density at radius 1 is 1.50 bits per heavy atom. The molecule has 0 radical (unpaired) electrons. The summed E-state index contributed by atoms with van der Waals surface area (Å²) in [6.07, 6.45) is -0.365. The third-order valence-electron chi connectivity index (χ3n) is 1.67. The maximum atomic E-state index is 11.5. The average molecular weight is 267 g/mol. The molecule has 0 spiro atoms. The molecule has 0 aromatic carbocycles. The van der Waals surface area contributed by atoms with Crippen molar-refractivity contribution < 1.29 is 17.9 Å². The number of rotatable bonds is 3. The summed E-state index contributed by atoms with van der Waals surface area (Å²) in [5.41, 5.74) is -0.119. The van der Waals surface area contributed by atoms with Crippen molar-refractivity contribution in [3.63, 3.8) is 0 Å². The zero-order valence-electron chi connectivity index (χ0n) is 8.94. The third kappa shape index (κ3) is 2.73. The van der Waals surface area contributed by atoms with E-state index in [1.807, 2.05) is 0 Å². The van der Waals surface area contributed by atoms with E-state index in [1.165, 1.54) is 6.92 Å².